The quantitative estimate of drug-likeness (QED) is 0.102. The van der Waals surface area contributed by atoms with Gasteiger partial charge in [-0.1, -0.05) is 60.7 Å². The lowest BCUT2D eigenvalue weighted by atomic mass is 10.0. The summed E-state index contributed by atoms with van der Waals surface area (Å²) in [5.74, 6) is 2.69. The molecule has 10 rings (SSSR count). The average molecular weight is 903 g/mol. The van der Waals surface area contributed by atoms with E-state index in [-0.39, 0.29) is 21.3 Å². The number of fused-ring (bicyclic) bond motifs is 4. The molecule has 0 fully saturated rings. The zero-order valence-electron chi connectivity index (χ0n) is 34.0. The van der Waals surface area contributed by atoms with Crippen molar-refractivity contribution in [1.29, 1.82) is 0 Å². The molecule has 4 N–H and O–H groups in total. The van der Waals surface area contributed by atoms with Crippen LogP contribution in [0.3, 0.4) is 0 Å². The lowest BCUT2D eigenvalue weighted by Crippen LogP contribution is -2.29. The number of phenolic OH excluding ortho intramolecular Hbond substituents is 2. The topological polar surface area (TPSA) is 196 Å². The number of hydrogen-bond acceptors (Lipinski definition) is 12. The van der Waals surface area contributed by atoms with Gasteiger partial charge in [-0.2, -0.15) is 9.44 Å². The van der Waals surface area contributed by atoms with Crippen molar-refractivity contribution in [2.24, 2.45) is 0 Å². The molecule has 8 aromatic rings. The molecular weight excluding hydrogens is 861 g/mol. The van der Waals surface area contributed by atoms with E-state index in [1.54, 1.807) is 48.5 Å². The minimum atomic E-state index is -3.98. The first-order chi connectivity index (χ1) is 31.0. The second kappa shape index (κ2) is 18.0. The molecule has 2 aromatic heterocycles. The highest BCUT2D eigenvalue weighted by Gasteiger charge is 2.29. The standard InChI is InChI=1S/2C24H21NO6S/c2*26-18-7-3-6-17(13-18)24(23-14-16-5-1-2-8-20(16)31-23)25-32(27,28)19-9-10-21-22(15-19)30-12-4-11-29-21/h2*1-3,5-10,13-15,24-26H,4,11-12H2/t2*24-/m10/s1. The SMILES string of the molecule is O=S(=O)(N[C@@H](c1cccc(O)c1)c1cc2ccccc2o1)c1ccc2c(c1)OCCCO2.O=S(=O)(N[C@H](c1cccc(O)c1)c1cc2ccccc2o1)c1ccc2c(c1)OCCCO2. The second-order valence-electron chi connectivity index (χ2n) is 15.0. The van der Waals surface area contributed by atoms with Crippen LogP contribution in [0.2, 0.25) is 0 Å². The number of ether oxygens (including phenoxy) is 4. The van der Waals surface area contributed by atoms with Crippen molar-refractivity contribution >= 4 is 42.0 Å². The summed E-state index contributed by atoms with van der Waals surface area (Å²) in [7, 11) is -7.96. The Bertz CT molecular complexity index is 2900. The van der Waals surface area contributed by atoms with Crippen molar-refractivity contribution in [3.8, 4) is 34.5 Å². The molecule has 2 aliphatic rings. The van der Waals surface area contributed by atoms with Gasteiger partial charge >= 0.3 is 0 Å². The number of para-hydroxylation sites is 2. The highest BCUT2D eigenvalue weighted by atomic mass is 32.2. The maximum atomic E-state index is 13.3. The fourth-order valence-electron chi connectivity index (χ4n) is 7.35. The number of nitrogens with one attached hydrogen (secondary N) is 2. The summed E-state index contributed by atoms with van der Waals surface area (Å²) in [6.45, 7) is 1.94. The van der Waals surface area contributed by atoms with Crippen molar-refractivity contribution in [1.82, 2.24) is 9.44 Å². The normalized spacial score (nSPS) is 14.8. The number of rotatable bonds is 10. The number of phenols is 2. The van der Waals surface area contributed by atoms with Crippen LogP contribution in [0.5, 0.6) is 34.5 Å². The number of sulfonamides is 2. The molecule has 14 nitrogen and oxygen atoms in total. The minimum Gasteiger partial charge on any atom is -0.508 e. The van der Waals surface area contributed by atoms with Gasteiger partial charge in [0.1, 0.15) is 46.3 Å². The molecule has 4 heterocycles. The lowest BCUT2D eigenvalue weighted by molar-refractivity contribution is 0.296. The molecule has 64 heavy (non-hydrogen) atoms. The van der Waals surface area contributed by atoms with Gasteiger partial charge < -0.3 is 38.0 Å². The number of furan rings is 2. The van der Waals surface area contributed by atoms with Gasteiger partial charge in [-0.3, -0.25) is 0 Å². The predicted octanol–water partition coefficient (Wildman–Crippen LogP) is 8.74. The average Bonchev–Trinajstić information content (AvgIpc) is 3.75. The Hall–Kier alpha value is -6.98. The molecule has 0 aliphatic carbocycles. The molecule has 0 saturated heterocycles. The van der Waals surface area contributed by atoms with Crippen LogP contribution in [0.1, 0.15) is 47.6 Å². The molecule has 0 radical (unpaired) electrons. The third kappa shape index (κ3) is 9.35. The van der Waals surface area contributed by atoms with Crippen molar-refractivity contribution < 1.29 is 54.8 Å². The van der Waals surface area contributed by atoms with E-state index in [1.165, 1.54) is 48.5 Å². The summed E-state index contributed by atoms with van der Waals surface area (Å²) in [4.78, 5) is 0.0889. The summed E-state index contributed by atoms with van der Waals surface area (Å²) >= 11 is 0. The summed E-state index contributed by atoms with van der Waals surface area (Å²) in [6.07, 6.45) is 1.45. The smallest absolute Gasteiger partial charge is 0.241 e. The van der Waals surface area contributed by atoms with Crippen molar-refractivity contribution in [3.05, 3.63) is 168 Å². The van der Waals surface area contributed by atoms with Crippen LogP contribution in [-0.2, 0) is 20.0 Å². The van der Waals surface area contributed by atoms with Gasteiger partial charge in [0, 0.05) is 35.7 Å². The largest absolute Gasteiger partial charge is 0.508 e. The predicted molar refractivity (Wildman–Crippen MR) is 237 cm³/mol. The molecular formula is C48H42N2O12S2. The van der Waals surface area contributed by atoms with Crippen molar-refractivity contribution in [2.45, 2.75) is 34.7 Å². The van der Waals surface area contributed by atoms with E-state index in [0.717, 1.165) is 23.6 Å². The van der Waals surface area contributed by atoms with Crippen molar-refractivity contribution in [2.75, 3.05) is 26.4 Å². The van der Waals surface area contributed by atoms with Crippen LogP contribution in [-0.4, -0.2) is 53.5 Å². The van der Waals surface area contributed by atoms with E-state index in [1.807, 2.05) is 48.5 Å². The highest BCUT2D eigenvalue weighted by Crippen LogP contribution is 2.37. The molecule has 0 saturated carbocycles. The van der Waals surface area contributed by atoms with Crippen molar-refractivity contribution in [3.63, 3.8) is 0 Å². The monoisotopic (exact) mass is 902 g/mol. The minimum absolute atomic E-state index is 0.0263. The van der Waals surface area contributed by atoms with Gasteiger partial charge in [0.25, 0.3) is 0 Å². The fraction of sp³-hybridized carbons (Fsp3) is 0.167. The zero-order valence-corrected chi connectivity index (χ0v) is 35.7. The summed E-state index contributed by atoms with van der Waals surface area (Å²) in [5, 5.41) is 21.7. The third-order valence-electron chi connectivity index (χ3n) is 10.5. The Kier molecular flexibility index (Phi) is 11.9. The number of hydrogen-bond donors (Lipinski definition) is 4. The maximum Gasteiger partial charge on any atom is 0.241 e. The molecule has 6 aromatic carbocycles. The first kappa shape index (κ1) is 42.3. The molecule has 2 aliphatic heterocycles. The van der Waals surface area contributed by atoms with Gasteiger partial charge in [-0.15, -0.1) is 0 Å². The Morgan fingerprint density at radius 3 is 1.25 bits per heavy atom. The lowest BCUT2D eigenvalue weighted by Gasteiger charge is -2.18. The Labute approximate surface area is 368 Å². The van der Waals surface area contributed by atoms with E-state index < -0.39 is 32.1 Å². The van der Waals surface area contributed by atoms with E-state index >= 15 is 0 Å². The molecule has 0 spiro atoms. The van der Waals surface area contributed by atoms with Crippen LogP contribution < -0.4 is 28.4 Å². The van der Waals surface area contributed by atoms with E-state index in [2.05, 4.69) is 9.44 Å². The Morgan fingerprint density at radius 1 is 0.438 bits per heavy atom. The number of aromatic hydroxyl groups is 2. The molecule has 0 unspecified atom stereocenters. The molecule has 328 valence electrons. The zero-order chi connectivity index (χ0) is 44.3. The second-order valence-corrected chi connectivity index (χ2v) is 18.4. The van der Waals surface area contributed by atoms with Gasteiger partial charge in [0.2, 0.25) is 20.0 Å². The Balaban J connectivity index is 0.000000162. The van der Waals surface area contributed by atoms with Gasteiger partial charge in [-0.25, -0.2) is 16.8 Å². The highest BCUT2D eigenvalue weighted by molar-refractivity contribution is 7.89. The third-order valence-corrected chi connectivity index (χ3v) is 13.3. The molecule has 2 atom stereocenters. The van der Waals surface area contributed by atoms with E-state index in [0.29, 0.717) is 83.2 Å². The first-order valence-corrected chi connectivity index (χ1v) is 23.3. The van der Waals surface area contributed by atoms with Crippen LogP contribution in [0.25, 0.3) is 21.9 Å². The van der Waals surface area contributed by atoms with Crippen LogP contribution in [0, 0.1) is 0 Å². The summed E-state index contributed by atoms with van der Waals surface area (Å²) in [6, 6.07) is 38.7. The van der Waals surface area contributed by atoms with Gasteiger partial charge in [-0.05, 0) is 83.9 Å². The van der Waals surface area contributed by atoms with E-state index in [9.17, 15) is 27.0 Å². The van der Waals surface area contributed by atoms with Crippen LogP contribution in [0.4, 0.5) is 0 Å². The molecule has 16 heteroatoms. The maximum absolute atomic E-state index is 13.3. The van der Waals surface area contributed by atoms with Gasteiger partial charge in [0.05, 0.1) is 36.2 Å². The first-order valence-electron chi connectivity index (χ1n) is 20.4. The van der Waals surface area contributed by atoms with Crippen LogP contribution >= 0.6 is 0 Å². The van der Waals surface area contributed by atoms with Gasteiger partial charge in [0.15, 0.2) is 23.0 Å². The van der Waals surface area contributed by atoms with E-state index in [4.69, 9.17) is 27.8 Å². The number of benzene rings is 6. The fourth-order valence-corrected chi connectivity index (χ4v) is 9.76. The van der Waals surface area contributed by atoms with Crippen LogP contribution in [0.15, 0.2) is 164 Å². The summed E-state index contributed by atoms with van der Waals surface area (Å²) in [5.41, 5.74) is 2.37. The molecule has 0 bridgehead atoms. The summed E-state index contributed by atoms with van der Waals surface area (Å²) < 4.78 is 93.3. The molecule has 0 amide bonds. The Morgan fingerprint density at radius 2 is 0.844 bits per heavy atom.